The molecule has 0 aliphatic heterocycles. The number of nitrogens with one attached hydrogen (secondary N) is 2. The molecule has 1 aromatic rings. The van der Waals surface area contributed by atoms with E-state index >= 15 is 0 Å². The molecule has 0 spiro atoms. The Balaban J connectivity index is 2.66. The molecule has 0 unspecified atom stereocenters. The number of amides is 1. The molecular formula is C11H16N2O4S. The first kappa shape index (κ1) is 14.5. The van der Waals surface area contributed by atoms with Gasteiger partial charge in [0, 0.05) is 18.5 Å². The van der Waals surface area contributed by atoms with Crippen LogP contribution in [0.5, 0.6) is 0 Å². The second kappa shape index (κ2) is 6.36. The van der Waals surface area contributed by atoms with Crippen molar-refractivity contribution in [2.45, 2.75) is 6.92 Å². The first-order valence-electron chi connectivity index (χ1n) is 5.36. The summed E-state index contributed by atoms with van der Waals surface area (Å²) >= 11 is 0. The minimum absolute atomic E-state index is 0.0132. The average molecular weight is 272 g/mol. The maximum Gasteiger partial charge on any atom is 0.250 e. The number of benzene rings is 1. The van der Waals surface area contributed by atoms with Crippen molar-refractivity contribution < 1.29 is 17.9 Å². The second-order valence-electron chi connectivity index (χ2n) is 3.56. The van der Waals surface area contributed by atoms with Gasteiger partial charge < -0.3 is 10.1 Å². The SMILES string of the molecule is CCS(=O)(=O)Nc1ccc(NC(=O)COC)cc1. The van der Waals surface area contributed by atoms with Crippen LogP contribution in [0.2, 0.25) is 0 Å². The summed E-state index contributed by atoms with van der Waals surface area (Å²) < 4.78 is 29.7. The molecule has 0 aliphatic rings. The second-order valence-corrected chi connectivity index (χ2v) is 5.57. The molecule has 18 heavy (non-hydrogen) atoms. The Bertz CT molecular complexity index is 496. The molecule has 0 atom stereocenters. The van der Waals surface area contributed by atoms with E-state index in [0.29, 0.717) is 11.4 Å². The van der Waals surface area contributed by atoms with Crippen LogP contribution in [0, 0.1) is 0 Å². The number of carbonyl (C=O) groups is 1. The van der Waals surface area contributed by atoms with Crippen LogP contribution < -0.4 is 10.0 Å². The van der Waals surface area contributed by atoms with Crippen LogP contribution in [0.4, 0.5) is 11.4 Å². The van der Waals surface area contributed by atoms with Crippen LogP contribution in [0.25, 0.3) is 0 Å². The van der Waals surface area contributed by atoms with Crippen LogP contribution in [0.1, 0.15) is 6.92 Å². The Hall–Kier alpha value is -1.60. The zero-order chi connectivity index (χ0) is 13.6. The van der Waals surface area contributed by atoms with E-state index in [1.165, 1.54) is 7.11 Å². The number of carbonyl (C=O) groups excluding carboxylic acids is 1. The number of ether oxygens (including phenoxy) is 1. The van der Waals surface area contributed by atoms with Gasteiger partial charge in [0.05, 0.1) is 5.75 Å². The first-order chi connectivity index (χ1) is 8.46. The number of hydrogen-bond donors (Lipinski definition) is 2. The maximum absolute atomic E-state index is 11.3. The lowest BCUT2D eigenvalue weighted by Gasteiger charge is -2.08. The van der Waals surface area contributed by atoms with Gasteiger partial charge in [0.15, 0.2) is 0 Å². The predicted molar refractivity (Wildman–Crippen MR) is 70.0 cm³/mol. The highest BCUT2D eigenvalue weighted by atomic mass is 32.2. The van der Waals surface area contributed by atoms with Gasteiger partial charge in [-0.2, -0.15) is 0 Å². The van der Waals surface area contributed by atoms with Crippen LogP contribution in [-0.4, -0.2) is 33.8 Å². The highest BCUT2D eigenvalue weighted by Crippen LogP contribution is 2.14. The Kier molecular flexibility index (Phi) is 5.11. The minimum atomic E-state index is -3.27. The lowest BCUT2D eigenvalue weighted by molar-refractivity contribution is -0.119. The van der Waals surface area contributed by atoms with Crippen molar-refractivity contribution in [3.8, 4) is 0 Å². The Morgan fingerprint density at radius 2 is 1.78 bits per heavy atom. The fourth-order valence-electron chi connectivity index (χ4n) is 1.20. The van der Waals surface area contributed by atoms with Gasteiger partial charge in [-0.3, -0.25) is 9.52 Å². The average Bonchev–Trinajstić information content (AvgIpc) is 2.32. The fourth-order valence-corrected chi connectivity index (χ4v) is 1.84. The highest BCUT2D eigenvalue weighted by molar-refractivity contribution is 7.92. The van der Waals surface area contributed by atoms with Gasteiger partial charge in [-0.25, -0.2) is 8.42 Å². The summed E-state index contributed by atoms with van der Waals surface area (Å²) in [6.45, 7) is 1.53. The third kappa shape index (κ3) is 4.72. The molecule has 0 radical (unpaired) electrons. The minimum Gasteiger partial charge on any atom is -0.375 e. The lowest BCUT2D eigenvalue weighted by Crippen LogP contribution is -2.17. The van der Waals surface area contributed by atoms with E-state index in [4.69, 9.17) is 0 Å². The zero-order valence-corrected chi connectivity index (χ0v) is 11.1. The number of sulfonamides is 1. The largest absolute Gasteiger partial charge is 0.375 e. The van der Waals surface area contributed by atoms with Gasteiger partial charge >= 0.3 is 0 Å². The van der Waals surface area contributed by atoms with Gasteiger partial charge in [0.25, 0.3) is 0 Å². The summed E-state index contributed by atoms with van der Waals surface area (Å²) in [4.78, 5) is 11.2. The van der Waals surface area contributed by atoms with Crippen molar-refractivity contribution in [3.63, 3.8) is 0 Å². The molecular weight excluding hydrogens is 256 g/mol. The lowest BCUT2D eigenvalue weighted by atomic mass is 10.3. The molecule has 0 bridgehead atoms. The van der Waals surface area contributed by atoms with Crippen molar-refractivity contribution >= 4 is 27.3 Å². The summed E-state index contributed by atoms with van der Waals surface area (Å²) in [5.74, 6) is -0.251. The molecule has 0 heterocycles. The van der Waals surface area contributed by atoms with Crippen LogP contribution in [0.15, 0.2) is 24.3 Å². The molecule has 7 heteroatoms. The fraction of sp³-hybridized carbons (Fsp3) is 0.364. The molecule has 1 rings (SSSR count). The third-order valence-corrected chi connectivity index (χ3v) is 3.40. The smallest absolute Gasteiger partial charge is 0.250 e. The van der Waals surface area contributed by atoms with Gasteiger partial charge in [-0.15, -0.1) is 0 Å². The first-order valence-corrected chi connectivity index (χ1v) is 7.01. The van der Waals surface area contributed by atoms with E-state index in [2.05, 4.69) is 14.8 Å². The van der Waals surface area contributed by atoms with Crippen molar-refractivity contribution in [3.05, 3.63) is 24.3 Å². The van der Waals surface area contributed by atoms with Crippen molar-refractivity contribution in [1.82, 2.24) is 0 Å². The van der Waals surface area contributed by atoms with Crippen LogP contribution in [-0.2, 0) is 19.6 Å². The quantitative estimate of drug-likeness (QED) is 0.810. The summed E-state index contributed by atoms with van der Waals surface area (Å²) in [6, 6.07) is 6.38. The molecule has 0 saturated heterocycles. The molecule has 1 aromatic carbocycles. The molecule has 6 nitrogen and oxygen atoms in total. The van der Waals surface area contributed by atoms with Gasteiger partial charge in [0.2, 0.25) is 15.9 Å². The molecule has 1 amide bonds. The van der Waals surface area contributed by atoms with Crippen molar-refractivity contribution in [2.75, 3.05) is 29.5 Å². The van der Waals surface area contributed by atoms with E-state index < -0.39 is 10.0 Å². The van der Waals surface area contributed by atoms with Gasteiger partial charge in [-0.05, 0) is 31.2 Å². The Morgan fingerprint density at radius 1 is 1.22 bits per heavy atom. The van der Waals surface area contributed by atoms with Gasteiger partial charge in [0.1, 0.15) is 6.61 Å². The van der Waals surface area contributed by atoms with Crippen molar-refractivity contribution in [2.24, 2.45) is 0 Å². The third-order valence-electron chi connectivity index (χ3n) is 2.10. The van der Waals surface area contributed by atoms with Crippen molar-refractivity contribution in [1.29, 1.82) is 0 Å². The molecule has 0 aromatic heterocycles. The summed E-state index contributed by atoms with van der Waals surface area (Å²) in [6.07, 6.45) is 0. The standard InChI is InChI=1S/C11H16N2O4S/c1-3-18(15,16)13-10-6-4-9(5-7-10)12-11(14)8-17-2/h4-7,13H,3,8H2,1-2H3,(H,12,14). The Labute approximate surface area is 106 Å². The van der Waals surface area contributed by atoms with E-state index in [-0.39, 0.29) is 18.3 Å². The number of methoxy groups -OCH3 is 1. The van der Waals surface area contributed by atoms with Crippen LogP contribution in [0.3, 0.4) is 0 Å². The molecule has 2 N–H and O–H groups in total. The summed E-state index contributed by atoms with van der Waals surface area (Å²) in [5.41, 5.74) is 1.04. The molecule has 0 saturated carbocycles. The monoisotopic (exact) mass is 272 g/mol. The normalized spacial score (nSPS) is 11.0. The summed E-state index contributed by atoms with van der Waals surface area (Å²) in [7, 11) is -1.84. The van der Waals surface area contributed by atoms with E-state index in [1.807, 2.05) is 0 Å². The topological polar surface area (TPSA) is 84.5 Å². The molecule has 0 aliphatic carbocycles. The predicted octanol–water partition coefficient (Wildman–Crippen LogP) is 1.03. The van der Waals surface area contributed by atoms with E-state index in [1.54, 1.807) is 31.2 Å². The number of anilines is 2. The number of rotatable bonds is 6. The Morgan fingerprint density at radius 3 is 2.28 bits per heavy atom. The van der Waals surface area contributed by atoms with Crippen LogP contribution >= 0.6 is 0 Å². The van der Waals surface area contributed by atoms with E-state index in [0.717, 1.165) is 0 Å². The number of hydrogen-bond acceptors (Lipinski definition) is 4. The highest BCUT2D eigenvalue weighted by Gasteiger charge is 2.06. The zero-order valence-electron chi connectivity index (χ0n) is 10.3. The summed E-state index contributed by atoms with van der Waals surface area (Å²) in [5, 5.41) is 2.61. The maximum atomic E-state index is 11.3. The van der Waals surface area contributed by atoms with E-state index in [9.17, 15) is 13.2 Å². The molecule has 100 valence electrons. The molecule has 0 fully saturated rings. The van der Waals surface area contributed by atoms with Gasteiger partial charge in [-0.1, -0.05) is 0 Å².